The number of aliphatic carboxylic acids is 1. The van der Waals surface area contributed by atoms with E-state index in [0.717, 1.165) is 12.1 Å². The SMILES string of the molecule is COc1ccc(/C=C/C(=O)O[C@H](Cc2ccc(O)c(O)c2)C(=O)O)c2c1O[C@H](c1ccc(O)c(O)c1)[C@H]2C(=O)O[CH]Cc1ccc(O)c(O)c1. The van der Waals surface area contributed by atoms with Crippen LogP contribution in [-0.4, -0.2) is 66.9 Å². The van der Waals surface area contributed by atoms with Crippen LogP contribution >= 0.6 is 0 Å². The first-order valence-corrected chi connectivity index (χ1v) is 14.9. The third-order valence-electron chi connectivity index (χ3n) is 7.81. The summed E-state index contributed by atoms with van der Waals surface area (Å²) in [7, 11) is 1.37. The molecule has 3 atom stereocenters. The molecule has 0 fully saturated rings. The van der Waals surface area contributed by atoms with E-state index in [2.05, 4.69) is 0 Å². The number of hydrogen-bond acceptors (Lipinski definition) is 13. The number of methoxy groups -OCH3 is 1. The predicted octanol–water partition coefficient (Wildman–Crippen LogP) is 4.35. The molecule has 0 bridgehead atoms. The van der Waals surface area contributed by atoms with Crippen LogP contribution in [-0.2, 0) is 36.7 Å². The molecule has 0 aromatic heterocycles. The summed E-state index contributed by atoms with van der Waals surface area (Å²) in [5.74, 6) is -6.67. The lowest BCUT2D eigenvalue weighted by Crippen LogP contribution is -2.28. The van der Waals surface area contributed by atoms with E-state index in [1.807, 2.05) is 0 Å². The number of hydrogen-bond donors (Lipinski definition) is 7. The van der Waals surface area contributed by atoms with Gasteiger partial charge in [0.25, 0.3) is 0 Å². The monoisotopic (exact) mass is 687 g/mol. The van der Waals surface area contributed by atoms with E-state index in [0.29, 0.717) is 5.56 Å². The molecule has 0 saturated heterocycles. The molecule has 0 saturated carbocycles. The van der Waals surface area contributed by atoms with Gasteiger partial charge in [-0.2, -0.15) is 0 Å². The maximum absolute atomic E-state index is 13.8. The summed E-state index contributed by atoms with van der Waals surface area (Å²) >= 11 is 0. The van der Waals surface area contributed by atoms with E-state index in [1.54, 1.807) is 0 Å². The van der Waals surface area contributed by atoms with Crippen LogP contribution in [0.4, 0.5) is 0 Å². The van der Waals surface area contributed by atoms with Gasteiger partial charge in [0, 0.05) is 24.5 Å². The van der Waals surface area contributed by atoms with Gasteiger partial charge in [0.15, 0.2) is 46.0 Å². The van der Waals surface area contributed by atoms with Crippen LogP contribution in [0.15, 0.2) is 72.8 Å². The number of carbonyl (C=O) groups is 3. The van der Waals surface area contributed by atoms with Crippen molar-refractivity contribution in [2.45, 2.75) is 31.0 Å². The molecule has 1 aliphatic rings. The van der Waals surface area contributed by atoms with E-state index in [-0.39, 0.29) is 58.1 Å². The predicted molar refractivity (Wildman–Crippen MR) is 173 cm³/mol. The minimum absolute atomic E-state index is 0.0515. The van der Waals surface area contributed by atoms with Crippen LogP contribution in [0.5, 0.6) is 46.0 Å². The quantitative estimate of drug-likeness (QED) is 0.0624. The molecule has 1 heterocycles. The molecule has 0 spiro atoms. The van der Waals surface area contributed by atoms with Gasteiger partial charge in [-0.3, -0.25) is 4.79 Å². The summed E-state index contributed by atoms with van der Waals surface area (Å²) in [5, 5.41) is 68.4. The number of carboxylic acids is 1. The van der Waals surface area contributed by atoms with Crippen LogP contribution in [0.1, 0.15) is 39.8 Å². The molecule has 5 rings (SSSR count). The smallest absolute Gasteiger partial charge is 0.345 e. The third-order valence-corrected chi connectivity index (χ3v) is 7.81. The number of ether oxygens (including phenoxy) is 4. The van der Waals surface area contributed by atoms with Crippen LogP contribution in [0.25, 0.3) is 6.08 Å². The van der Waals surface area contributed by atoms with Crippen molar-refractivity contribution in [2.24, 2.45) is 0 Å². The van der Waals surface area contributed by atoms with Crippen LogP contribution < -0.4 is 9.47 Å². The molecule has 50 heavy (non-hydrogen) atoms. The zero-order valence-corrected chi connectivity index (χ0v) is 26.2. The van der Waals surface area contributed by atoms with E-state index in [9.17, 15) is 50.1 Å². The average molecular weight is 688 g/mol. The Morgan fingerprint density at radius 2 is 1.42 bits per heavy atom. The summed E-state index contributed by atoms with van der Waals surface area (Å²) in [6, 6.07) is 14.7. The molecule has 259 valence electrons. The van der Waals surface area contributed by atoms with E-state index >= 15 is 0 Å². The Bertz CT molecular complexity index is 1970. The van der Waals surface area contributed by atoms with E-state index in [1.165, 1.54) is 80.5 Å². The Hall–Kier alpha value is -6.57. The van der Waals surface area contributed by atoms with Crippen molar-refractivity contribution in [2.75, 3.05) is 7.11 Å². The molecule has 0 amide bonds. The number of phenols is 6. The molecular weight excluding hydrogens is 656 g/mol. The lowest BCUT2D eigenvalue weighted by molar-refractivity contribution is -0.160. The van der Waals surface area contributed by atoms with Crippen LogP contribution in [0.2, 0.25) is 0 Å². The molecule has 7 N–H and O–H groups in total. The van der Waals surface area contributed by atoms with Gasteiger partial charge in [-0.1, -0.05) is 24.3 Å². The number of phenolic OH excluding ortho intramolecular Hbond substituents is 6. The zero-order valence-electron chi connectivity index (χ0n) is 26.2. The van der Waals surface area contributed by atoms with Gasteiger partial charge in [0.05, 0.1) is 7.11 Å². The Balaban J connectivity index is 1.44. The Kier molecular flexibility index (Phi) is 10.2. The number of aromatic hydroxyl groups is 6. The maximum Gasteiger partial charge on any atom is 0.345 e. The topological polar surface area (TPSA) is 230 Å². The third kappa shape index (κ3) is 7.59. The standard InChI is InChI=1S/C36H31O14/c1-47-28-10-5-20(6-11-30(43)49-29(35(44)45)16-19-3-8-23(38)26(41)15-19)31-32(33(50-34(28)31)21-4-9-24(39)27(42)17-21)36(46)48-13-12-18-2-7-22(37)25(40)14-18/h2-11,13-15,17,29,32-33,37-42H,12,16H2,1H3,(H,44,45)/b11-6+/t29-,32+,33-/m1/s1. The van der Waals surface area contributed by atoms with Gasteiger partial charge in [0.2, 0.25) is 6.10 Å². The first kappa shape index (κ1) is 34.8. The minimum atomic E-state index is -1.65. The molecule has 14 heteroatoms. The molecule has 1 radical (unpaired) electrons. The lowest BCUT2D eigenvalue weighted by Gasteiger charge is -2.19. The fraction of sp³-hybridized carbons (Fsp3) is 0.167. The lowest BCUT2D eigenvalue weighted by atomic mass is 9.87. The Labute approximate surface area is 284 Å². The van der Waals surface area contributed by atoms with Crippen molar-refractivity contribution in [1.82, 2.24) is 0 Å². The fourth-order valence-electron chi connectivity index (χ4n) is 5.33. The normalized spacial score (nSPS) is 15.5. The molecular formula is C36H31O14. The molecule has 14 nitrogen and oxygen atoms in total. The second-order valence-electron chi connectivity index (χ2n) is 11.1. The van der Waals surface area contributed by atoms with Crippen molar-refractivity contribution in [3.63, 3.8) is 0 Å². The number of esters is 2. The summed E-state index contributed by atoms with van der Waals surface area (Å²) < 4.78 is 22.4. The summed E-state index contributed by atoms with van der Waals surface area (Å²) in [6.45, 7) is 1.18. The van der Waals surface area contributed by atoms with Crippen molar-refractivity contribution >= 4 is 24.0 Å². The van der Waals surface area contributed by atoms with Crippen molar-refractivity contribution in [3.05, 3.63) is 107 Å². The summed E-state index contributed by atoms with van der Waals surface area (Å²) in [4.78, 5) is 38.5. The highest BCUT2D eigenvalue weighted by atomic mass is 16.6. The van der Waals surface area contributed by atoms with Gasteiger partial charge in [-0.05, 0) is 70.8 Å². The van der Waals surface area contributed by atoms with Gasteiger partial charge in [-0.15, -0.1) is 0 Å². The van der Waals surface area contributed by atoms with Gasteiger partial charge in [0.1, 0.15) is 18.6 Å². The highest BCUT2D eigenvalue weighted by Gasteiger charge is 2.45. The van der Waals surface area contributed by atoms with E-state index < -0.39 is 59.0 Å². The Morgan fingerprint density at radius 1 is 0.800 bits per heavy atom. The van der Waals surface area contributed by atoms with Gasteiger partial charge in [-0.25, -0.2) is 9.59 Å². The highest BCUT2D eigenvalue weighted by Crippen LogP contribution is 2.53. The second-order valence-corrected chi connectivity index (χ2v) is 11.1. The first-order chi connectivity index (χ1) is 23.9. The highest BCUT2D eigenvalue weighted by molar-refractivity contribution is 5.91. The molecule has 1 aliphatic heterocycles. The van der Waals surface area contributed by atoms with Crippen LogP contribution in [0, 0.1) is 6.61 Å². The fourth-order valence-corrected chi connectivity index (χ4v) is 5.33. The largest absolute Gasteiger partial charge is 0.504 e. The second kappa shape index (κ2) is 14.7. The summed E-state index contributed by atoms with van der Waals surface area (Å²) in [6.07, 6.45) is -0.794. The number of rotatable bonds is 12. The van der Waals surface area contributed by atoms with Gasteiger partial charge >= 0.3 is 17.9 Å². The van der Waals surface area contributed by atoms with Crippen LogP contribution in [0.3, 0.4) is 0 Å². The number of carbonyl (C=O) groups excluding carboxylic acids is 2. The number of fused-ring (bicyclic) bond motifs is 1. The summed E-state index contributed by atoms with van der Waals surface area (Å²) in [5.41, 5.74) is 1.57. The minimum Gasteiger partial charge on any atom is -0.504 e. The first-order valence-electron chi connectivity index (χ1n) is 14.9. The molecule has 4 aromatic carbocycles. The maximum atomic E-state index is 13.8. The Morgan fingerprint density at radius 3 is 2.04 bits per heavy atom. The van der Waals surface area contributed by atoms with Crippen molar-refractivity contribution < 1.29 is 69.1 Å². The average Bonchev–Trinajstić information content (AvgIpc) is 3.49. The number of carboxylic acid groups (broad SMARTS) is 1. The molecule has 0 unspecified atom stereocenters. The van der Waals surface area contributed by atoms with Gasteiger partial charge < -0.3 is 54.7 Å². The molecule has 4 aromatic rings. The van der Waals surface area contributed by atoms with E-state index in [4.69, 9.17) is 18.9 Å². The van der Waals surface area contributed by atoms with Crippen molar-refractivity contribution in [1.29, 1.82) is 0 Å². The molecule has 0 aliphatic carbocycles. The number of benzene rings is 4. The van der Waals surface area contributed by atoms with Crippen molar-refractivity contribution in [3.8, 4) is 46.0 Å². The zero-order chi connectivity index (χ0) is 36.1.